The summed E-state index contributed by atoms with van der Waals surface area (Å²) in [4.78, 5) is 14.3. The van der Waals surface area contributed by atoms with Crippen LogP contribution in [0.15, 0.2) is 18.2 Å². The Morgan fingerprint density at radius 2 is 2.17 bits per heavy atom. The van der Waals surface area contributed by atoms with Crippen molar-refractivity contribution in [2.24, 2.45) is 5.92 Å². The zero-order valence-corrected chi connectivity index (χ0v) is 14.2. The number of hydrogen-bond donors (Lipinski definition) is 2. The fourth-order valence-electron chi connectivity index (χ4n) is 2.65. The molecule has 0 spiro atoms. The minimum Gasteiger partial charge on any atom is -0.338 e. The van der Waals surface area contributed by atoms with Crippen LogP contribution in [0.25, 0.3) is 0 Å². The summed E-state index contributed by atoms with van der Waals surface area (Å²) in [6, 6.07) is 6.57. The summed E-state index contributed by atoms with van der Waals surface area (Å²) < 4.78 is 0. The number of likely N-dealkylation sites (tertiary alicyclic amines) is 1. The molecule has 0 radical (unpaired) electrons. The van der Waals surface area contributed by atoms with Crippen molar-refractivity contribution >= 4 is 23.3 Å². The highest BCUT2D eigenvalue weighted by Gasteiger charge is 2.14. The summed E-state index contributed by atoms with van der Waals surface area (Å²) >= 11 is 5.94. The van der Waals surface area contributed by atoms with Gasteiger partial charge in [0, 0.05) is 12.2 Å². The molecule has 124 valence electrons. The monoisotopic (exact) mass is 334 g/mol. The van der Waals surface area contributed by atoms with Gasteiger partial charge in [-0.3, -0.25) is 0 Å². The van der Waals surface area contributed by atoms with Crippen molar-refractivity contribution in [3.05, 3.63) is 28.8 Å². The van der Waals surface area contributed by atoms with Gasteiger partial charge < -0.3 is 15.5 Å². The Morgan fingerprint density at radius 3 is 2.83 bits per heavy atom. The molecule has 0 atom stereocenters. The number of carbonyl (C=O) groups excluding carboxylic acids is 1. The summed E-state index contributed by atoms with van der Waals surface area (Å²) in [5.41, 5.74) is 0.977. The number of nitrogens with one attached hydrogen (secondary N) is 2. The standard InChI is InChI=1S/C17H23ClN4O/c1-13-5-9-22(10-6-13)8-2-7-20-17(23)21-15-4-3-14(12-19)16(18)11-15/h3-4,11,13H,2,5-10H2,1H3,(H2,20,21,23). The Morgan fingerprint density at radius 1 is 1.43 bits per heavy atom. The summed E-state index contributed by atoms with van der Waals surface area (Å²) in [7, 11) is 0. The van der Waals surface area contributed by atoms with Crippen LogP contribution in [0, 0.1) is 17.2 Å². The number of piperidine rings is 1. The Balaban J connectivity index is 1.65. The number of rotatable bonds is 5. The molecule has 1 fully saturated rings. The number of carbonyl (C=O) groups is 1. The van der Waals surface area contributed by atoms with Crippen LogP contribution in [0.3, 0.4) is 0 Å². The van der Waals surface area contributed by atoms with Gasteiger partial charge in [-0.2, -0.15) is 5.26 Å². The third-order valence-corrected chi connectivity index (χ3v) is 4.47. The third kappa shape index (κ3) is 5.74. The van der Waals surface area contributed by atoms with E-state index in [0.717, 1.165) is 32.0 Å². The highest BCUT2D eigenvalue weighted by molar-refractivity contribution is 6.32. The summed E-state index contributed by atoms with van der Waals surface area (Å²) in [5, 5.41) is 14.7. The third-order valence-electron chi connectivity index (χ3n) is 4.16. The van der Waals surface area contributed by atoms with Crippen molar-refractivity contribution in [1.82, 2.24) is 10.2 Å². The number of anilines is 1. The van der Waals surface area contributed by atoms with Crippen LogP contribution in [0.2, 0.25) is 5.02 Å². The van der Waals surface area contributed by atoms with Gasteiger partial charge in [0.2, 0.25) is 0 Å². The molecule has 2 amide bonds. The van der Waals surface area contributed by atoms with E-state index in [1.54, 1.807) is 18.2 Å². The van der Waals surface area contributed by atoms with Crippen LogP contribution in [0.5, 0.6) is 0 Å². The Kier molecular flexibility index (Phi) is 6.69. The molecule has 2 N–H and O–H groups in total. The predicted octanol–water partition coefficient (Wildman–Crippen LogP) is 3.46. The van der Waals surface area contributed by atoms with Gasteiger partial charge in [0.25, 0.3) is 0 Å². The average molecular weight is 335 g/mol. The van der Waals surface area contributed by atoms with E-state index in [9.17, 15) is 4.79 Å². The summed E-state index contributed by atoms with van der Waals surface area (Å²) in [5.74, 6) is 0.842. The highest BCUT2D eigenvalue weighted by atomic mass is 35.5. The van der Waals surface area contributed by atoms with Gasteiger partial charge in [0.15, 0.2) is 0 Å². The van der Waals surface area contributed by atoms with Gasteiger partial charge in [-0.1, -0.05) is 18.5 Å². The number of urea groups is 1. The van der Waals surface area contributed by atoms with E-state index in [0.29, 0.717) is 22.8 Å². The Labute approximate surface area is 142 Å². The first kappa shape index (κ1) is 17.6. The van der Waals surface area contributed by atoms with Crippen molar-refractivity contribution in [3.63, 3.8) is 0 Å². The highest BCUT2D eigenvalue weighted by Crippen LogP contribution is 2.20. The van der Waals surface area contributed by atoms with Gasteiger partial charge in [-0.25, -0.2) is 4.79 Å². The summed E-state index contributed by atoms with van der Waals surface area (Å²) in [6.07, 6.45) is 3.48. The molecule has 0 aliphatic carbocycles. The SMILES string of the molecule is CC1CCN(CCCNC(=O)Nc2ccc(C#N)c(Cl)c2)CC1. The predicted molar refractivity (Wildman–Crippen MR) is 92.6 cm³/mol. The van der Waals surface area contributed by atoms with E-state index < -0.39 is 0 Å². The molecule has 2 rings (SSSR count). The summed E-state index contributed by atoms with van der Waals surface area (Å²) in [6.45, 7) is 6.30. The molecule has 6 heteroatoms. The molecule has 5 nitrogen and oxygen atoms in total. The molecule has 23 heavy (non-hydrogen) atoms. The molecule has 0 unspecified atom stereocenters. The Hall–Kier alpha value is -1.77. The van der Waals surface area contributed by atoms with Crippen LogP contribution in [0.1, 0.15) is 31.7 Å². The topological polar surface area (TPSA) is 68.2 Å². The number of amides is 2. The molecule has 0 saturated carbocycles. The number of benzene rings is 1. The molecular formula is C17H23ClN4O. The van der Waals surface area contributed by atoms with E-state index in [-0.39, 0.29) is 6.03 Å². The maximum atomic E-state index is 11.8. The van der Waals surface area contributed by atoms with Crippen LogP contribution < -0.4 is 10.6 Å². The lowest BCUT2D eigenvalue weighted by Gasteiger charge is -2.30. The van der Waals surface area contributed by atoms with Crippen LogP contribution in [-0.4, -0.2) is 37.1 Å². The van der Waals surface area contributed by atoms with Crippen LogP contribution in [0.4, 0.5) is 10.5 Å². The molecule has 0 bridgehead atoms. The maximum Gasteiger partial charge on any atom is 0.319 e. The van der Waals surface area contributed by atoms with Crippen molar-refractivity contribution < 1.29 is 4.79 Å². The van der Waals surface area contributed by atoms with Crippen LogP contribution >= 0.6 is 11.6 Å². The fraction of sp³-hybridized carbons (Fsp3) is 0.529. The second-order valence-electron chi connectivity index (χ2n) is 6.07. The number of hydrogen-bond acceptors (Lipinski definition) is 3. The molecular weight excluding hydrogens is 312 g/mol. The first-order chi connectivity index (χ1) is 11.1. The quantitative estimate of drug-likeness (QED) is 0.810. The molecule has 1 aliphatic rings. The molecule has 1 saturated heterocycles. The lowest BCUT2D eigenvalue weighted by molar-refractivity contribution is 0.190. The second-order valence-corrected chi connectivity index (χ2v) is 6.47. The lowest BCUT2D eigenvalue weighted by Crippen LogP contribution is -2.36. The molecule has 1 aromatic carbocycles. The molecule has 1 aliphatic heterocycles. The fourth-order valence-corrected chi connectivity index (χ4v) is 2.87. The van der Waals surface area contributed by atoms with Crippen molar-refractivity contribution in [2.75, 3.05) is 31.5 Å². The number of halogens is 1. The van der Waals surface area contributed by atoms with Gasteiger partial charge in [0.05, 0.1) is 10.6 Å². The first-order valence-electron chi connectivity index (χ1n) is 8.05. The van der Waals surface area contributed by atoms with Crippen molar-refractivity contribution in [2.45, 2.75) is 26.2 Å². The Bertz CT molecular complexity index is 576. The number of nitriles is 1. The minimum absolute atomic E-state index is 0.252. The van der Waals surface area contributed by atoms with Crippen molar-refractivity contribution in [3.8, 4) is 6.07 Å². The second kappa shape index (κ2) is 8.76. The zero-order chi connectivity index (χ0) is 16.7. The molecule has 1 aromatic rings. The van der Waals surface area contributed by atoms with Gasteiger partial charge >= 0.3 is 6.03 Å². The lowest BCUT2D eigenvalue weighted by atomic mass is 9.99. The van der Waals surface area contributed by atoms with E-state index in [1.165, 1.54) is 12.8 Å². The first-order valence-corrected chi connectivity index (χ1v) is 8.43. The van der Waals surface area contributed by atoms with E-state index in [1.807, 2.05) is 6.07 Å². The van der Waals surface area contributed by atoms with Gasteiger partial charge in [-0.05, 0) is 63.0 Å². The van der Waals surface area contributed by atoms with E-state index in [2.05, 4.69) is 22.5 Å². The zero-order valence-electron chi connectivity index (χ0n) is 13.4. The molecule has 0 aromatic heterocycles. The average Bonchev–Trinajstić information content (AvgIpc) is 2.53. The normalized spacial score (nSPS) is 15.9. The molecule has 1 heterocycles. The number of nitrogens with zero attached hydrogens (tertiary/aromatic N) is 2. The van der Waals surface area contributed by atoms with Crippen molar-refractivity contribution in [1.29, 1.82) is 5.26 Å². The van der Waals surface area contributed by atoms with Gasteiger partial charge in [-0.15, -0.1) is 0 Å². The largest absolute Gasteiger partial charge is 0.338 e. The van der Waals surface area contributed by atoms with E-state index in [4.69, 9.17) is 16.9 Å². The van der Waals surface area contributed by atoms with Gasteiger partial charge in [0.1, 0.15) is 6.07 Å². The maximum absolute atomic E-state index is 11.8. The van der Waals surface area contributed by atoms with Crippen LogP contribution in [-0.2, 0) is 0 Å². The van der Waals surface area contributed by atoms with E-state index >= 15 is 0 Å². The minimum atomic E-state index is -0.252. The smallest absolute Gasteiger partial charge is 0.319 e.